The van der Waals surface area contributed by atoms with Gasteiger partial charge in [0.1, 0.15) is 0 Å². The zero-order valence-electron chi connectivity index (χ0n) is 19.5. The molecule has 0 bridgehead atoms. The Hall–Kier alpha value is -1.84. The molecule has 184 valence electrons. The van der Waals surface area contributed by atoms with Crippen LogP contribution in [0.3, 0.4) is 0 Å². The van der Waals surface area contributed by atoms with Gasteiger partial charge in [0, 0.05) is 5.92 Å². The van der Waals surface area contributed by atoms with E-state index in [-0.39, 0.29) is 30.7 Å². The van der Waals surface area contributed by atoms with E-state index in [4.69, 9.17) is 28.4 Å². The Bertz CT molecular complexity index is 806. The summed E-state index contributed by atoms with van der Waals surface area (Å²) in [7, 11) is 0. The van der Waals surface area contributed by atoms with E-state index in [2.05, 4.69) is 19.1 Å². The van der Waals surface area contributed by atoms with Crippen LogP contribution in [0.25, 0.3) is 0 Å². The molecule has 2 aromatic carbocycles. The fraction of sp³-hybridized carbons (Fsp3) is 0.556. The van der Waals surface area contributed by atoms with E-state index in [1.54, 1.807) is 0 Å². The molecule has 4 saturated heterocycles. The van der Waals surface area contributed by atoms with Crippen LogP contribution >= 0.6 is 0 Å². The third-order valence-corrected chi connectivity index (χ3v) is 7.01. The van der Waals surface area contributed by atoms with Crippen LogP contribution in [0.1, 0.15) is 18.1 Å². The summed E-state index contributed by atoms with van der Waals surface area (Å²) >= 11 is 0. The minimum atomic E-state index is -0.469. The number of benzene rings is 2. The first-order chi connectivity index (χ1) is 16.7. The summed E-state index contributed by atoms with van der Waals surface area (Å²) in [5.41, 5.74) is 2.34. The Morgan fingerprint density at radius 3 is 1.74 bits per heavy atom. The third-order valence-electron chi connectivity index (χ3n) is 7.01. The van der Waals surface area contributed by atoms with Crippen LogP contribution in [0.5, 0.6) is 0 Å². The van der Waals surface area contributed by atoms with Gasteiger partial charge in [-0.25, -0.2) is 0 Å². The van der Waals surface area contributed by atoms with Gasteiger partial charge in [0.05, 0.1) is 63.9 Å². The molecule has 0 radical (unpaired) electrons. The molecule has 0 aromatic heterocycles. The Morgan fingerprint density at radius 2 is 1.15 bits per heavy atom. The van der Waals surface area contributed by atoms with Crippen molar-refractivity contribution in [3.05, 3.63) is 71.8 Å². The maximum Gasteiger partial charge on any atom is 0.165 e. The van der Waals surface area contributed by atoms with Crippen LogP contribution in [0, 0.1) is 17.8 Å². The molecule has 0 amide bonds. The van der Waals surface area contributed by atoms with Gasteiger partial charge in [0.15, 0.2) is 12.6 Å². The van der Waals surface area contributed by atoms with Gasteiger partial charge in [-0.2, -0.15) is 0 Å². The highest BCUT2D eigenvalue weighted by atomic mass is 16.7. The van der Waals surface area contributed by atoms with Crippen molar-refractivity contribution in [3.63, 3.8) is 0 Å². The fourth-order valence-corrected chi connectivity index (χ4v) is 5.09. The number of aliphatic hydroxyl groups is 1. The minimum absolute atomic E-state index is 0.0363. The zero-order valence-corrected chi connectivity index (χ0v) is 19.5. The van der Waals surface area contributed by atoms with Crippen LogP contribution in [0.4, 0.5) is 0 Å². The van der Waals surface area contributed by atoms with Gasteiger partial charge in [0.25, 0.3) is 0 Å². The average molecular weight is 471 g/mol. The molecule has 4 fully saturated rings. The molecule has 34 heavy (non-hydrogen) atoms. The van der Waals surface area contributed by atoms with Gasteiger partial charge in [0.2, 0.25) is 0 Å². The molecule has 4 aliphatic heterocycles. The third kappa shape index (κ3) is 5.52. The van der Waals surface area contributed by atoms with Crippen molar-refractivity contribution < 1.29 is 33.5 Å². The van der Waals surface area contributed by atoms with Crippen LogP contribution in [0.2, 0.25) is 0 Å². The first-order valence-corrected chi connectivity index (χ1v) is 12.1. The predicted molar refractivity (Wildman–Crippen MR) is 124 cm³/mol. The molecule has 4 aliphatic rings. The smallest absolute Gasteiger partial charge is 0.165 e. The molecule has 0 saturated carbocycles. The molecule has 0 unspecified atom stereocenters. The molecular formula is C27H34O7. The van der Waals surface area contributed by atoms with Crippen LogP contribution in [-0.2, 0) is 41.6 Å². The van der Waals surface area contributed by atoms with Crippen molar-refractivity contribution in [2.75, 3.05) is 26.4 Å². The summed E-state index contributed by atoms with van der Waals surface area (Å²) < 4.78 is 33.7. The summed E-state index contributed by atoms with van der Waals surface area (Å²) in [4.78, 5) is 0. The molecule has 6 rings (SSSR count). The second-order valence-electron chi connectivity index (χ2n) is 9.44. The monoisotopic (exact) mass is 470 g/mol. The lowest BCUT2D eigenvalue weighted by Crippen LogP contribution is -2.32. The van der Waals surface area contributed by atoms with Crippen LogP contribution in [0.15, 0.2) is 60.7 Å². The van der Waals surface area contributed by atoms with Crippen molar-refractivity contribution in [1.29, 1.82) is 0 Å². The van der Waals surface area contributed by atoms with Crippen LogP contribution in [-0.4, -0.2) is 62.4 Å². The van der Waals surface area contributed by atoms with E-state index in [1.807, 2.05) is 48.5 Å². The lowest BCUT2D eigenvalue weighted by Gasteiger charge is -2.19. The van der Waals surface area contributed by atoms with Gasteiger partial charge in [-0.05, 0) is 17.0 Å². The van der Waals surface area contributed by atoms with Gasteiger partial charge >= 0.3 is 0 Å². The first kappa shape index (κ1) is 23.9. The molecular weight excluding hydrogens is 436 g/mol. The molecule has 0 aliphatic carbocycles. The van der Waals surface area contributed by atoms with Crippen molar-refractivity contribution in [3.8, 4) is 0 Å². The molecule has 1 N–H and O–H groups in total. The summed E-state index contributed by atoms with van der Waals surface area (Å²) in [5, 5.41) is 9.78. The van der Waals surface area contributed by atoms with E-state index in [0.29, 0.717) is 44.9 Å². The summed E-state index contributed by atoms with van der Waals surface area (Å²) in [6, 6.07) is 20.3. The fourth-order valence-electron chi connectivity index (χ4n) is 5.09. The maximum absolute atomic E-state index is 9.78. The summed E-state index contributed by atoms with van der Waals surface area (Å²) in [6.07, 6.45) is -0.685. The number of aliphatic hydroxyl groups excluding tert-OH is 1. The predicted octanol–water partition coefficient (Wildman–Crippen LogP) is 3.15. The lowest BCUT2D eigenvalue weighted by atomic mass is 9.93. The summed E-state index contributed by atoms with van der Waals surface area (Å²) in [6.45, 7) is 5.71. The lowest BCUT2D eigenvalue weighted by molar-refractivity contribution is -0.0916. The van der Waals surface area contributed by atoms with E-state index in [0.717, 1.165) is 12.2 Å². The number of rotatable bonds is 6. The largest absolute Gasteiger partial charge is 0.390 e. The SMILES string of the molecule is C[C@H]1CO[C@H]2OC[C@H](OCc3ccccc3)[C@H]21.O[C@H]1CO[C@H]2OC[C@H](OCc3ccccc3)[C@H]21. The highest BCUT2D eigenvalue weighted by Crippen LogP contribution is 2.37. The second kappa shape index (κ2) is 11.3. The van der Waals surface area contributed by atoms with Gasteiger partial charge in [-0.1, -0.05) is 67.6 Å². The standard InChI is InChI=1S/C14H18O3.C13H16O4/c1-10-7-16-14-13(10)12(9-17-14)15-8-11-5-3-2-4-6-11;14-10-7-16-13-12(10)11(8-17-13)15-6-9-4-2-1-3-5-9/h2-6,10,12-14H,7-9H2,1H3;1-5,10-14H,6-8H2/t10-,12-,13+,14-;10-,11-,12+,13-/m00/s1. The van der Waals surface area contributed by atoms with Crippen molar-refractivity contribution >= 4 is 0 Å². The minimum Gasteiger partial charge on any atom is -0.390 e. The Balaban J connectivity index is 0.000000142. The van der Waals surface area contributed by atoms with Crippen molar-refractivity contribution in [2.45, 2.75) is 51.0 Å². The number of fused-ring (bicyclic) bond motifs is 2. The Labute approximate surface area is 200 Å². The van der Waals surface area contributed by atoms with Crippen molar-refractivity contribution in [2.24, 2.45) is 17.8 Å². The molecule has 2 aromatic rings. The van der Waals surface area contributed by atoms with Crippen LogP contribution < -0.4 is 0 Å². The van der Waals surface area contributed by atoms with E-state index < -0.39 is 6.10 Å². The number of ether oxygens (including phenoxy) is 6. The summed E-state index contributed by atoms with van der Waals surface area (Å²) in [5.74, 6) is 0.890. The highest BCUT2D eigenvalue weighted by Gasteiger charge is 2.48. The first-order valence-electron chi connectivity index (χ1n) is 12.1. The maximum atomic E-state index is 9.78. The number of hydrogen-bond acceptors (Lipinski definition) is 7. The zero-order chi connectivity index (χ0) is 23.3. The highest BCUT2D eigenvalue weighted by molar-refractivity contribution is 5.14. The molecule has 0 spiro atoms. The average Bonchev–Trinajstić information content (AvgIpc) is 3.64. The number of hydrogen-bond donors (Lipinski definition) is 1. The van der Waals surface area contributed by atoms with Gasteiger partial charge in [-0.3, -0.25) is 0 Å². The van der Waals surface area contributed by atoms with E-state index in [9.17, 15) is 5.11 Å². The quantitative estimate of drug-likeness (QED) is 0.695. The Morgan fingerprint density at radius 1 is 0.676 bits per heavy atom. The molecule has 7 nitrogen and oxygen atoms in total. The van der Waals surface area contributed by atoms with E-state index in [1.165, 1.54) is 5.56 Å². The van der Waals surface area contributed by atoms with Crippen molar-refractivity contribution in [1.82, 2.24) is 0 Å². The molecule has 7 heteroatoms. The molecule has 4 heterocycles. The van der Waals surface area contributed by atoms with E-state index >= 15 is 0 Å². The van der Waals surface area contributed by atoms with Gasteiger partial charge < -0.3 is 33.5 Å². The Kier molecular flexibility index (Phi) is 7.91. The normalized spacial score (nSPS) is 36.1. The topological polar surface area (TPSA) is 75.6 Å². The molecule has 8 atom stereocenters. The second-order valence-corrected chi connectivity index (χ2v) is 9.44. The van der Waals surface area contributed by atoms with Gasteiger partial charge in [-0.15, -0.1) is 0 Å².